The fourth-order valence-corrected chi connectivity index (χ4v) is 4.54. The van der Waals surface area contributed by atoms with Crippen molar-refractivity contribution in [3.63, 3.8) is 0 Å². The third-order valence-corrected chi connectivity index (χ3v) is 6.68. The zero-order chi connectivity index (χ0) is 26.6. The highest BCUT2D eigenvalue weighted by molar-refractivity contribution is 6.02. The standard InChI is InChI=1S/C34H27N5/c1-23-11-15-25(16-12-23)35-31-19-20-33(28-8-4-3-7-27(28)31)38-39-34-22-21-32(29-9-5-6-10-30(29)34)37-36-26-17-13-24(2)14-18-26/h3-22,35H,1-2H3. The molecule has 0 saturated heterocycles. The van der Waals surface area contributed by atoms with Crippen molar-refractivity contribution in [3.8, 4) is 0 Å². The monoisotopic (exact) mass is 505 g/mol. The van der Waals surface area contributed by atoms with E-state index in [9.17, 15) is 0 Å². The molecule has 0 amide bonds. The van der Waals surface area contributed by atoms with Gasteiger partial charge in [0.1, 0.15) is 0 Å². The van der Waals surface area contributed by atoms with Crippen molar-refractivity contribution >= 4 is 55.7 Å². The van der Waals surface area contributed by atoms with E-state index in [0.29, 0.717) is 0 Å². The highest BCUT2D eigenvalue weighted by Gasteiger charge is 2.08. The van der Waals surface area contributed by atoms with Crippen LogP contribution in [0.25, 0.3) is 21.5 Å². The third-order valence-electron chi connectivity index (χ3n) is 6.68. The van der Waals surface area contributed by atoms with Crippen LogP contribution in [0.15, 0.2) is 142 Å². The zero-order valence-corrected chi connectivity index (χ0v) is 21.8. The van der Waals surface area contributed by atoms with Gasteiger partial charge in [-0.25, -0.2) is 0 Å². The number of nitrogens with one attached hydrogen (secondary N) is 1. The van der Waals surface area contributed by atoms with Gasteiger partial charge in [-0.1, -0.05) is 83.9 Å². The van der Waals surface area contributed by atoms with Crippen molar-refractivity contribution in [1.29, 1.82) is 0 Å². The summed E-state index contributed by atoms with van der Waals surface area (Å²) >= 11 is 0. The van der Waals surface area contributed by atoms with Crippen LogP contribution in [0.2, 0.25) is 0 Å². The van der Waals surface area contributed by atoms with Gasteiger partial charge in [-0.3, -0.25) is 0 Å². The lowest BCUT2D eigenvalue weighted by atomic mass is 10.1. The summed E-state index contributed by atoms with van der Waals surface area (Å²) < 4.78 is 0. The molecule has 5 nitrogen and oxygen atoms in total. The van der Waals surface area contributed by atoms with Gasteiger partial charge in [0.05, 0.1) is 22.7 Å². The molecule has 0 aromatic heterocycles. The van der Waals surface area contributed by atoms with Gasteiger partial charge in [-0.15, -0.1) is 15.3 Å². The molecule has 0 heterocycles. The number of rotatable bonds is 6. The van der Waals surface area contributed by atoms with Crippen molar-refractivity contribution in [2.75, 3.05) is 5.32 Å². The molecule has 6 aromatic carbocycles. The van der Waals surface area contributed by atoms with E-state index in [1.807, 2.05) is 78.9 Å². The molecule has 0 saturated carbocycles. The van der Waals surface area contributed by atoms with Crippen molar-refractivity contribution in [2.45, 2.75) is 13.8 Å². The van der Waals surface area contributed by atoms with Crippen LogP contribution < -0.4 is 5.32 Å². The van der Waals surface area contributed by atoms with E-state index < -0.39 is 0 Å². The van der Waals surface area contributed by atoms with E-state index in [-0.39, 0.29) is 0 Å². The summed E-state index contributed by atoms with van der Waals surface area (Å²) in [5.41, 5.74) is 7.71. The number of azo groups is 2. The number of hydrogen-bond acceptors (Lipinski definition) is 5. The Morgan fingerprint density at radius 2 is 0.846 bits per heavy atom. The molecule has 39 heavy (non-hydrogen) atoms. The summed E-state index contributed by atoms with van der Waals surface area (Å²) in [5, 5.41) is 25.9. The van der Waals surface area contributed by atoms with Crippen LogP contribution >= 0.6 is 0 Å². The van der Waals surface area contributed by atoms with Crippen LogP contribution in [-0.4, -0.2) is 0 Å². The Morgan fingerprint density at radius 1 is 0.410 bits per heavy atom. The van der Waals surface area contributed by atoms with E-state index in [1.165, 1.54) is 11.1 Å². The maximum absolute atomic E-state index is 4.69. The quantitative estimate of drug-likeness (QED) is 0.225. The van der Waals surface area contributed by atoms with Gasteiger partial charge in [0.25, 0.3) is 0 Å². The predicted octanol–water partition coefficient (Wildman–Crippen LogP) is 11.2. The van der Waals surface area contributed by atoms with Gasteiger partial charge in [0.15, 0.2) is 0 Å². The first-order valence-corrected chi connectivity index (χ1v) is 12.9. The number of aryl methyl sites for hydroxylation is 2. The van der Waals surface area contributed by atoms with Gasteiger partial charge in [0.2, 0.25) is 0 Å². The normalized spacial score (nSPS) is 11.6. The van der Waals surface area contributed by atoms with Gasteiger partial charge in [-0.05, 0) is 62.4 Å². The van der Waals surface area contributed by atoms with E-state index >= 15 is 0 Å². The lowest BCUT2D eigenvalue weighted by molar-refractivity contribution is 1.23. The minimum absolute atomic E-state index is 0.783. The zero-order valence-electron chi connectivity index (χ0n) is 21.8. The number of anilines is 2. The Labute approximate surface area is 227 Å². The largest absolute Gasteiger partial charge is 0.355 e. The maximum atomic E-state index is 4.69. The second kappa shape index (κ2) is 10.7. The van der Waals surface area contributed by atoms with E-state index in [2.05, 4.69) is 82.1 Å². The van der Waals surface area contributed by atoms with Crippen molar-refractivity contribution in [1.82, 2.24) is 0 Å². The number of fused-ring (bicyclic) bond motifs is 2. The van der Waals surface area contributed by atoms with Crippen LogP contribution in [0.5, 0.6) is 0 Å². The molecule has 1 N–H and O–H groups in total. The van der Waals surface area contributed by atoms with Gasteiger partial charge in [0, 0.05) is 32.9 Å². The predicted molar refractivity (Wildman–Crippen MR) is 162 cm³/mol. The SMILES string of the molecule is Cc1ccc(N=Nc2ccc(N=Nc3ccc(Nc4ccc(C)cc4)c4ccccc34)c3ccccc23)cc1. The number of nitrogens with zero attached hydrogens (tertiary/aromatic N) is 4. The second-order valence-electron chi connectivity index (χ2n) is 9.55. The number of benzene rings is 6. The molecule has 0 radical (unpaired) electrons. The fraction of sp³-hybridized carbons (Fsp3) is 0.0588. The lowest BCUT2D eigenvalue weighted by Crippen LogP contribution is -1.91. The molecule has 0 spiro atoms. The Hall–Kier alpha value is -5.16. The number of hydrogen-bond donors (Lipinski definition) is 1. The van der Waals surface area contributed by atoms with Crippen LogP contribution in [-0.2, 0) is 0 Å². The first-order valence-electron chi connectivity index (χ1n) is 12.9. The first kappa shape index (κ1) is 24.2. The molecule has 0 aliphatic heterocycles. The first-order chi connectivity index (χ1) is 19.1. The van der Waals surface area contributed by atoms with E-state index in [4.69, 9.17) is 0 Å². The summed E-state index contributed by atoms with van der Waals surface area (Å²) in [6.07, 6.45) is 0. The molecule has 0 aliphatic rings. The highest BCUT2D eigenvalue weighted by Crippen LogP contribution is 2.37. The smallest absolute Gasteiger partial charge is 0.0936 e. The molecule has 0 aliphatic carbocycles. The second-order valence-corrected chi connectivity index (χ2v) is 9.55. The van der Waals surface area contributed by atoms with E-state index in [0.717, 1.165) is 55.7 Å². The molecular formula is C34H27N5. The Kier molecular flexibility index (Phi) is 6.62. The summed E-state index contributed by atoms with van der Waals surface area (Å²) in [7, 11) is 0. The molecule has 6 aromatic rings. The molecule has 0 bridgehead atoms. The van der Waals surface area contributed by atoms with Crippen molar-refractivity contribution in [3.05, 3.63) is 132 Å². The van der Waals surface area contributed by atoms with Gasteiger partial charge in [-0.2, -0.15) is 5.11 Å². The lowest BCUT2D eigenvalue weighted by Gasteiger charge is -2.11. The summed E-state index contributed by atoms with van der Waals surface area (Å²) in [6, 6.07) is 40.7. The Bertz CT molecular complexity index is 1840. The highest BCUT2D eigenvalue weighted by atomic mass is 15.1. The molecule has 0 fully saturated rings. The topological polar surface area (TPSA) is 61.5 Å². The average molecular weight is 506 g/mol. The fourth-order valence-electron chi connectivity index (χ4n) is 4.54. The van der Waals surface area contributed by atoms with Crippen molar-refractivity contribution in [2.24, 2.45) is 20.5 Å². The third kappa shape index (κ3) is 5.29. The van der Waals surface area contributed by atoms with Gasteiger partial charge < -0.3 is 5.32 Å². The molecular weight excluding hydrogens is 478 g/mol. The maximum Gasteiger partial charge on any atom is 0.0936 e. The van der Waals surface area contributed by atoms with Crippen LogP contribution in [0.4, 0.5) is 34.1 Å². The molecule has 188 valence electrons. The Morgan fingerprint density at radius 3 is 1.41 bits per heavy atom. The van der Waals surface area contributed by atoms with Crippen LogP contribution in [0.1, 0.15) is 11.1 Å². The Balaban J connectivity index is 1.33. The summed E-state index contributed by atoms with van der Waals surface area (Å²) in [5.74, 6) is 0. The van der Waals surface area contributed by atoms with Crippen LogP contribution in [0, 0.1) is 13.8 Å². The molecule has 0 unspecified atom stereocenters. The van der Waals surface area contributed by atoms with Crippen LogP contribution in [0.3, 0.4) is 0 Å². The molecule has 6 rings (SSSR count). The minimum atomic E-state index is 0.783. The summed E-state index contributed by atoms with van der Waals surface area (Å²) in [4.78, 5) is 0. The van der Waals surface area contributed by atoms with Gasteiger partial charge >= 0.3 is 0 Å². The van der Waals surface area contributed by atoms with Crippen molar-refractivity contribution < 1.29 is 0 Å². The van der Waals surface area contributed by atoms with E-state index in [1.54, 1.807) is 0 Å². The average Bonchev–Trinajstić information content (AvgIpc) is 2.98. The minimum Gasteiger partial charge on any atom is -0.355 e. The summed E-state index contributed by atoms with van der Waals surface area (Å²) in [6.45, 7) is 4.15. The molecule has 0 atom stereocenters. The molecule has 5 heteroatoms.